The molecular weight excluding hydrogens is 302 g/mol. The van der Waals surface area contributed by atoms with Gasteiger partial charge >= 0.3 is 0 Å². The number of aryl methyl sites for hydroxylation is 1. The van der Waals surface area contributed by atoms with Crippen molar-refractivity contribution in [3.05, 3.63) is 36.3 Å². The largest absolute Gasteiger partial charge is 0.336 e. The first kappa shape index (κ1) is 13.5. The highest BCUT2D eigenvalue weighted by Gasteiger charge is 2.23. The van der Waals surface area contributed by atoms with E-state index in [1.165, 1.54) is 12.8 Å². The van der Waals surface area contributed by atoms with E-state index in [-0.39, 0.29) is 0 Å². The Kier molecular flexibility index (Phi) is 2.82. The number of hydrogen-bond donors (Lipinski definition) is 2. The second-order valence-corrected chi connectivity index (χ2v) is 6.40. The number of nitrogens with zero attached hydrogens (tertiary/aromatic N) is 5. The molecule has 0 radical (unpaired) electrons. The van der Waals surface area contributed by atoms with Gasteiger partial charge in [0, 0.05) is 18.1 Å². The molecule has 5 rings (SSSR count). The van der Waals surface area contributed by atoms with Crippen LogP contribution in [0.4, 0.5) is 11.5 Å². The lowest BCUT2D eigenvalue weighted by molar-refractivity contribution is 0.572. The predicted molar refractivity (Wildman–Crippen MR) is 92.2 cm³/mol. The molecule has 1 saturated carbocycles. The standard InChI is InChI=1S/C17H17N7/c1-10-13-7-12(8-19-17(13)24(23-10)9-11-4-5-11)20-16-15-14(21-22-16)3-2-6-18-15/h2-3,6-8,11H,4-5,9H2,1H3,(H2,20,21,22). The van der Waals surface area contributed by atoms with Crippen molar-refractivity contribution < 1.29 is 0 Å². The van der Waals surface area contributed by atoms with E-state index in [9.17, 15) is 0 Å². The van der Waals surface area contributed by atoms with Gasteiger partial charge < -0.3 is 5.32 Å². The van der Waals surface area contributed by atoms with E-state index in [1.54, 1.807) is 6.20 Å². The Labute approximate surface area is 138 Å². The zero-order chi connectivity index (χ0) is 16.1. The molecule has 7 heteroatoms. The number of aromatic amines is 1. The molecule has 7 nitrogen and oxygen atoms in total. The van der Waals surface area contributed by atoms with Crippen LogP contribution >= 0.6 is 0 Å². The lowest BCUT2D eigenvalue weighted by Gasteiger charge is -2.04. The van der Waals surface area contributed by atoms with Crippen molar-refractivity contribution in [1.82, 2.24) is 29.9 Å². The summed E-state index contributed by atoms with van der Waals surface area (Å²) >= 11 is 0. The topological polar surface area (TPSA) is 84.3 Å². The highest BCUT2D eigenvalue weighted by molar-refractivity contribution is 5.89. The first-order valence-electron chi connectivity index (χ1n) is 8.17. The van der Waals surface area contributed by atoms with Crippen LogP contribution in [-0.4, -0.2) is 29.9 Å². The Morgan fingerprint density at radius 3 is 3.12 bits per heavy atom. The van der Waals surface area contributed by atoms with Gasteiger partial charge in [0.05, 0.1) is 23.1 Å². The Hall–Kier alpha value is -2.96. The maximum absolute atomic E-state index is 4.65. The zero-order valence-corrected chi connectivity index (χ0v) is 13.3. The van der Waals surface area contributed by atoms with Crippen molar-refractivity contribution in [3.8, 4) is 0 Å². The van der Waals surface area contributed by atoms with Crippen molar-refractivity contribution in [2.24, 2.45) is 5.92 Å². The smallest absolute Gasteiger partial charge is 0.178 e. The van der Waals surface area contributed by atoms with Gasteiger partial charge in [-0.15, -0.1) is 0 Å². The minimum absolute atomic E-state index is 0.703. The summed E-state index contributed by atoms with van der Waals surface area (Å²) in [6, 6.07) is 5.92. The molecule has 0 unspecified atom stereocenters. The van der Waals surface area contributed by atoms with Crippen LogP contribution in [0, 0.1) is 12.8 Å². The fraction of sp³-hybridized carbons (Fsp3) is 0.294. The summed E-state index contributed by atoms with van der Waals surface area (Å²) in [4.78, 5) is 8.99. The quantitative estimate of drug-likeness (QED) is 0.603. The summed E-state index contributed by atoms with van der Waals surface area (Å²) in [5.41, 5.74) is 4.57. The molecule has 0 atom stereocenters. The molecule has 24 heavy (non-hydrogen) atoms. The van der Waals surface area contributed by atoms with E-state index in [0.29, 0.717) is 5.82 Å². The van der Waals surface area contributed by atoms with Crippen LogP contribution in [0.1, 0.15) is 18.5 Å². The summed E-state index contributed by atoms with van der Waals surface area (Å²) in [7, 11) is 0. The average Bonchev–Trinajstić information content (AvgIpc) is 3.25. The number of hydrogen-bond acceptors (Lipinski definition) is 5. The minimum atomic E-state index is 0.703. The maximum atomic E-state index is 4.65. The third-order valence-corrected chi connectivity index (χ3v) is 4.48. The first-order valence-corrected chi connectivity index (χ1v) is 8.17. The van der Waals surface area contributed by atoms with Crippen molar-refractivity contribution in [2.75, 3.05) is 5.32 Å². The molecule has 120 valence electrons. The number of anilines is 2. The molecule has 0 aromatic carbocycles. The molecule has 0 aliphatic heterocycles. The van der Waals surface area contributed by atoms with Crippen LogP contribution in [0.25, 0.3) is 22.1 Å². The maximum Gasteiger partial charge on any atom is 0.178 e. The second kappa shape index (κ2) is 5.02. The molecule has 4 aromatic heterocycles. The number of rotatable bonds is 4. The van der Waals surface area contributed by atoms with Crippen molar-refractivity contribution in [3.63, 3.8) is 0 Å². The van der Waals surface area contributed by atoms with E-state index < -0.39 is 0 Å². The summed E-state index contributed by atoms with van der Waals surface area (Å²) < 4.78 is 2.04. The van der Waals surface area contributed by atoms with Crippen molar-refractivity contribution >= 4 is 33.6 Å². The molecule has 0 spiro atoms. The van der Waals surface area contributed by atoms with Gasteiger partial charge in [0.1, 0.15) is 5.52 Å². The van der Waals surface area contributed by atoms with Crippen LogP contribution in [0.3, 0.4) is 0 Å². The van der Waals surface area contributed by atoms with E-state index in [4.69, 9.17) is 0 Å². The SMILES string of the molecule is Cc1nn(CC2CC2)c2ncc(Nc3n[nH]c4cccnc34)cc12. The highest BCUT2D eigenvalue weighted by Crippen LogP contribution is 2.32. The third kappa shape index (κ3) is 2.20. The monoisotopic (exact) mass is 319 g/mol. The Morgan fingerprint density at radius 2 is 2.25 bits per heavy atom. The second-order valence-electron chi connectivity index (χ2n) is 6.40. The molecule has 1 aliphatic rings. The molecule has 4 heterocycles. The van der Waals surface area contributed by atoms with Gasteiger partial charge in [-0.1, -0.05) is 0 Å². The third-order valence-electron chi connectivity index (χ3n) is 4.48. The van der Waals surface area contributed by atoms with Gasteiger partial charge in [0.15, 0.2) is 11.5 Å². The van der Waals surface area contributed by atoms with E-state index in [1.807, 2.05) is 29.9 Å². The normalized spacial score (nSPS) is 14.5. The average molecular weight is 319 g/mol. The van der Waals surface area contributed by atoms with Crippen molar-refractivity contribution in [1.29, 1.82) is 0 Å². The van der Waals surface area contributed by atoms with E-state index in [2.05, 4.69) is 36.6 Å². The van der Waals surface area contributed by atoms with Crippen LogP contribution in [0.5, 0.6) is 0 Å². The first-order chi connectivity index (χ1) is 11.8. The van der Waals surface area contributed by atoms with Crippen LogP contribution in [-0.2, 0) is 6.54 Å². The molecule has 0 bridgehead atoms. The lowest BCUT2D eigenvalue weighted by Crippen LogP contribution is -2.03. The van der Waals surface area contributed by atoms with Crippen LogP contribution in [0.2, 0.25) is 0 Å². The number of aromatic nitrogens is 6. The van der Waals surface area contributed by atoms with E-state index in [0.717, 1.165) is 45.9 Å². The summed E-state index contributed by atoms with van der Waals surface area (Å²) in [5.74, 6) is 1.48. The molecule has 1 fully saturated rings. The summed E-state index contributed by atoms with van der Waals surface area (Å²) in [6.45, 7) is 3.00. The lowest BCUT2D eigenvalue weighted by atomic mass is 10.2. The number of H-pyrrole nitrogens is 1. The minimum Gasteiger partial charge on any atom is -0.336 e. The fourth-order valence-corrected chi connectivity index (χ4v) is 3.03. The fourth-order valence-electron chi connectivity index (χ4n) is 3.03. The highest BCUT2D eigenvalue weighted by atomic mass is 15.3. The number of pyridine rings is 2. The van der Waals surface area contributed by atoms with Crippen LogP contribution < -0.4 is 5.32 Å². The summed E-state index contributed by atoms with van der Waals surface area (Å²) in [6.07, 6.45) is 6.20. The van der Waals surface area contributed by atoms with Gasteiger partial charge in [-0.2, -0.15) is 10.2 Å². The van der Waals surface area contributed by atoms with Gasteiger partial charge in [-0.25, -0.2) is 9.67 Å². The molecule has 1 aliphatic carbocycles. The Balaban J connectivity index is 1.52. The van der Waals surface area contributed by atoms with Crippen molar-refractivity contribution in [2.45, 2.75) is 26.3 Å². The summed E-state index contributed by atoms with van der Waals surface area (Å²) in [5, 5.41) is 16.3. The van der Waals surface area contributed by atoms with Crippen LogP contribution in [0.15, 0.2) is 30.6 Å². The molecule has 4 aromatic rings. The molecule has 2 N–H and O–H groups in total. The predicted octanol–water partition coefficient (Wildman–Crippen LogP) is 3.16. The molecular formula is C17H17N7. The van der Waals surface area contributed by atoms with Gasteiger partial charge in [-0.3, -0.25) is 10.1 Å². The number of fused-ring (bicyclic) bond motifs is 2. The van der Waals surface area contributed by atoms with Gasteiger partial charge in [0.25, 0.3) is 0 Å². The Morgan fingerprint density at radius 1 is 1.33 bits per heavy atom. The van der Waals surface area contributed by atoms with Gasteiger partial charge in [0.2, 0.25) is 0 Å². The molecule has 0 amide bonds. The zero-order valence-electron chi connectivity index (χ0n) is 13.3. The molecule has 0 saturated heterocycles. The number of nitrogens with one attached hydrogen (secondary N) is 2. The Bertz CT molecular complexity index is 1040. The van der Waals surface area contributed by atoms with Gasteiger partial charge in [-0.05, 0) is 43.9 Å². The van der Waals surface area contributed by atoms with E-state index >= 15 is 0 Å².